The van der Waals surface area contributed by atoms with Crippen LogP contribution < -0.4 is 14.5 Å². The van der Waals surface area contributed by atoms with Crippen molar-refractivity contribution in [1.29, 1.82) is 5.26 Å². The van der Waals surface area contributed by atoms with Gasteiger partial charge in [-0.2, -0.15) is 23.4 Å². The number of thiocarbonyl (C=S) groups is 1. The van der Waals surface area contributed by atoms with E-state index in [9.17, 15) is 18.0 Å². The van der Waals surface area contributed by atoms with Crippen molar-refractivity contribution in [1.82, 2.24) is 9.97 Å². The molecule has 0 aliphatic rings. The van der Waals surface area contributed by atoms with Gasteiger partial charge >= 0.3 is 6.18 Å². The molecule has 37 heavy (non-hydrogen) atoms. The maximum atomic E-state index is 13.6. The van der Waals surface area contributed by atoms with Gasteiger partial charge in [-0.05, 0) is 69.4 Å². The Morgan fingerprint density at radius 3 is 2.46 bits per heavy atom. The second-order valence-electron chi connectivity index (χ2n) is 8.64. The van der Waals surface area contributed by atoms with E-state index in [2.05, 4.69) is 9.97 Å². The van der Waals surface area contributed by atoms with E-state index in [-0.39, 0.29) is 29.9 Å². The number of carbonyl (C=O) groups is 1. The van der Waals surface area contributed by atoms with Crippen molar-refractivity contribution in [3.63, 3.8) is 0 Å². The Morgan fingerprint density at radius 1 is 1.19 bits per heavy atom. The number of aldehydes is 1. The Bertz CT molecular complexity index is 1390. The first kappa shape index (κ1) is 27.8. The van der Waals surface area contributed by atoms with E-state index in [1.165, 1.54) is 22.9 Å². The third-order valence-corrected chi connectivity index (χ3v) is 5.96. The minimum absolute atomic E-state index is 0.000701. The summed E-state index contributed by atoms with van der Waals surface area (Å²) in [6.45, 7) is 4.69. The monoisotopic (exact) mass is 531 g/mol. The Morgan fingerprint density at radius 2 is 1.86 bits per heavy atom. The zero-order chi connectivity index (χ0) is 27.5. The van der Waals surface area contributed by atoms with Crippen LogP contribution in [0.5, 0.6) is 5.88 Å². The number of carbonyl (C=O) groups excluding carboxylic acids is 1. The highest BCUT2D eigenvalue weighted by atomic mass is 32.1. The fourth-order valence-corrected chi connectivity index (χ4v) is 4.11. The molecule has 2 aromatic carbocycles. The van der Waals surface area contributed by atoms with Gasteiger partial charge in [-0.3, -0.25) is 0 Å². The molecule has 0 spiro atoms. The molecule has 12 heteroatoms. The van der Waals surface area contributed by atoms with Crippen molar-refractivity contribution >= 4 is 45.9 Å². The van der Waals surface area contributed by atoms with Crippen LogP contribution in [0.15, 0.2) is 36.4 Å². The highest BCUT2D eigenvalue weighted by Crippen LogP contribution is 2.36. The van der Waals surface area contributed by atoms with Gasteiger partial charge in [0.15, 0.2) is 5.11 Å². The maximum Gasteiger partial charge on any atom is 0.417 e. The number of rotatable bonds is 7. The number of aliphatic hydroxyl groups excluding tert-OH is 1. The third kappa shape index (κ3) is 5.79. The van der Waals surface area contributed by atoms with E-state index in [1.807, 2.05) is 0 Å². The highest BCUT2D eigenvalue weighted by molar-refractivity contribution is 7.80. The summed E-state index contributed by atoms with van der Waals surface area (Å²) in [5.74, 6) is 0.679. The van der Waals surface area contributed by atoms with Gasteiger partial charge in [-0.25, -0.2) is 4.98 Å². The van der Waals surface area contributed by atoms with Crippen LogP contribution >= 0.6 is 12.2 Å². The number of aliphatic hydroxyl groups is 1. The normalized spacial score (nSPS) is 11.6. The predicted octanol–water partition coefficient (Wildman–Crippen LogP) is 4.41. The quantitative estimate of drug-likeness (QED) is 0.351. The van der Waals surface area contributed by atoms with Gasteiger partial charge in [0.1, 0.15) is 18.7 Å². The van der Waals surface area contributed by atoms with Crippen LogP contribution in [-0.4, -0.2) is 52.3 Å². The smallest absolute Gasteiger partial charge is 0.417 e. The molecule has 1 N–H and O–H groups in total. The van der Waals surface area contributed by atoms with Crippen molar-refractivity contribution in [2.24, 2.45) is 0 Å². The molecule has 3 aromatic rings. The number of aryl methyl sites for hydroxylation is 1. The van der Waals surface area contributed by atoms with E-state index < -0.39 is 22.8 Å². The lowest BCUT2D eigenvalue weighted by Gasteiger charge is -2.39. The molecule has 0 atom stereocenters. The van der Waals surface area contributed by atoms with Crippen molar-refractivity contribution in [2.75, 3.05) is 30.1 Å². The molecule has 0 fully saturated rings. The number of benzene rings is 2. The molecule has 0 unspecified atom stereocenters. The summed E-state index contributed by atoms with van der Waals surface area (Å²) in [5.41, 5.74) is -1.75. The van der Waals surface area contributed by atoms with Crippen LogP contribution in [0.2, 0.25) is 0 Å². The second-order valence-corrected chi connectivity index (χ2v) is 9.00. The molecule has 1 aromatic heterocycles. The van der Waals surface area contributed by atoms with E-state index in [4.69, 9.17) is 27.3 Å². The second kappa shape index (κ2) is 10.7. The van der Waals surface area contributed by atoms with Gasteiger partial charge in [-0.1, -0.05) is 0 Å². The summed E-state index contributed by atoms with van der Waals surface area (Å²) < 4.78 is 46.2. The average molecular weight is 532 g/mol. The molecule has 0 amide bonds. The number of nitriles is 1. The minimum Gasteiger partial charge on any atom is -0.475 e. The lowest BCUT2D eigenvalue weighted by Crippen LogP contribution is -2.54. The highest BCUT2D eigenvalue weighted by Gasteiger charge is 2.36. The molecule has 3 rings (SSSR count). The lowest BCUT2D eigenvalue weighted by atomic mass is 10.0. The van der Waals surface area contributed by atoms with Crippen LogP contribution in [0.1, 0.15) is 30.8 Å². The Hall–Kier alpha value is -3.82. The number of halogens is 3. The number of aromatic nitrogens is 2. The van der Waals surface area contributed by atoms with Gasteiger partial charge < -0.3 is 24.4 Å². The summed E-state index contributed by atoms with van der Waals surface area (Å²) in [4.78, 5) is 23.6. The summed E-state index contributed by atoms with van der Waals surface area (Å²) in [6, 6.07) is 9.84. The van der Waals surface area contributed by atoms with E-state index in [0.717, 1.165) is 12.1 Å². The SMILES string of the molecule is Cc1nc(OCCO)c2cc(N(C(=S)N(C)c3ccc(C#N)c(C(F)(F)F)c3)C(C)(C)C=O)ccc2n1. The minimum atomic E-state index is -4.74. The summed E-state index contributed by atoms with van der Waals surface area (Å²) in [5, 5.41) is 18.8. The topological polar surface area (TPSA) is 103 Å². The van der Waals surface area contributed by atoms with E-state index in [1.54, 1.807) is 45.0 Å². The van der Waals surface area contributed by atoms with Crippen LogP contribution in [0.25, 0.3) is 10.9 Å². The van der Waals surface area contributed by atoms with Gasteiger partial charge in [0.25, 0.3) is 0 Å². The zero-order valence-electron chi connectivity index (χ0n) is 20.5. The number of anilines is 2. The predicted molar refractivity (Wildman–Crippen MR) is 137 cm³/mol. The number of hydrogen-bond donors (Lipinski definition) is 1. The standard InChI is InChI=1S/C25H24F3N5O3S/c1-15-30-21-8-7-18(11-19(21)22(31-15)36-10-9-34)33(24(2,3)14-35)23(37)32(4)17-6-5-16(13-29)20(12-17)25(26,27)28/h5-8,11-12,14,34H,9-10H2,1-4H3. The van der Waals surface area contributed by atoms with Crippen LogP contribution in [0.4, 0.5) is 24.5 Å². The molecular formula is C25H24F3N5O3S. The fraction of sp³-hybridized carbons (Fsp3) is 0.320. The molecule has 1 heterocycles. The molecule has 0 aliphatic carbocycles. The van der Waals surface area contributed by atoms with Gasteiger partial charge in [0.2, 0.25) is 5.88 Å². The molecule has 8 nitrogen and oxygen atoms in total. The van der Waals surface area contributed by atoms with Gasteiger partial charge in [0, 0.05) is 18.4 Å². The maximum absolute atomic E-state index is 13.6. The van der Waals surface area contributed by atoms with E-state index >= 15 is 0 Å². The van der Waals surface area contributed by atoms with Crippen molar-refractivity contribution < 1.29 is 27.8 Å². The first-order valence-electron chi connectivity index (χ1n) is 11.0. The summed E-state index contributed by atoms with van der Waals surface area (Å²) >= 11 is 5.67. The number of hydrogen-bond acceptors (Lipinski definition) is 7. The number of alkyl halides is 3. The van der Waals surface area contributed by atoms with Gasteiger partial charge in [0.05, 0.1) is 40.2 Å². The van der Waals surface area contributed by atoms with Crippen LogP contribution in [-0.2, 0) is 11.0 Å². The molecule has 0 saturated carbocycles. The van der Waals surface area contributed by atoms with Crippen molar-refractivity contribution in [3.8, 4) is 11.9 Å². The Labute approximate surface area is 216 Å². The largest absolute Gasteiger partial charge is 0.475 e. The first-order valence-corrected chi connectivity index (χ1v) is 11.4. The molecular weight excluding hydrogens is 507 g/mol. The third-order valence-electron chi connectivity index (χ3n) is 5.50. The van der Waals surface area contributed by atoms with Crippen molar-refractivity contribution in [3.05, 3.63) is 53.3 Å². The Balaban J connectivity index is 2.14. The van der Waals surface area contributed by atoms with E-state index in [0.29, 0.717) is 28.7 Å². The molecule has 194 valence electrons. The average Bonchev–Trinajstić information content (AvgIpc) is 2.85. The molecule has 0 radical (unpaired) electrons. The fourth-order valence-electron chi connectivity index (χ4n) is 3.67. The number of fused-ring (bicyclic) bond motifs is 1. The molecule has 0 bridgehead atoms. The number of nitrogens with zero attached hydrogens (tertiary/aromatic N) is 5. The van der Waals surface area contributed by atoms with Crippen molar-refractivity contribution in [2.45, 2.75) is 32.5 Å². The first-order chi connectivity index (χ1) is 17.3. The number of ether oxygens (including phenoxy) is 1. The summed E-state index contributed by atoms with van der Waals surface area (Å²) in [7, 11) is 1.47. The lowest BCUT2D eigenvalue weighted by molar-refractivity contribution is -0.137. The molecule has 0 saturated heterocycles. The van der Waals surface area contributed by atoms with Gasteiger partial charge in [-0.15, -0.1) is 0 Å². The summed E-state index contributed by atoms with van der Waals surface area (Å²) in [6.07, 6.45) is -4.07. The Kier molecular flexibility index (Phi) is 8.00. The van der Waals surface area contributed by atoms with Crippen LogP contribution in [0, 0.1) is 18.3 Å². The zero-order valence-corrected chi connectivity index (χ0v) is 21.3. The van der Waals surface area contributed by atoms with Crippen LogP contribution in [0.3, 0.4) is 0 Å². The molecule has 0 aliphatic heterocycles.